The predicted molar refractivity (Wildman–Crippen MR) is 94.3 cm³/mol. The summed E-state index contributed by atoms with van der Waals surface area (Å²) in [6, 6.07) is 10.4. The van der Waals surface area contributed by atoms with E-state index in [9.17, 15) is 26.4 Å². The predicted octanol–water partition coefficient (Wildman–Crippen LogP) is 4.36. The Balaban J connectivity index is 2.11. The standard InChI is InChI=1S/C18H16F3NO3S/c1-2-26(24,25)22-16-9-7-14(8-10-16)17(23)11-6-13-4-3-5-15(12-13)18(19,20)21/h3-12,22H,2H2,1H3. The quantitative estimate of drug-likeness (QED) is 0.595. The van der Waals surface area contributed by atoms with Gasteiger partial charge in [0.05, 0.1) is 11.3 Å². The summed E-state index contributed by atoms with van der Waals surface area (Å²) in [6.07, 6.45) is -1.98. The van der Waals surface area contributed by atoms with Gasteiger partial charge in [-0.05, 0) is 55.0 Å². The van der Waals surface area contributed by atoms with Crippen LogP contribution in [-0.4, -0.2) is 20.0 Å². The number of alkyl halides is 3. The second-order valence-corrected chi connectivity index (χ2v) is 7.41. The first-order chi connectivity index (χ1) is 12.1. The normalized spacial score (nSPS) is 12.3. The Hall–Kier alpha value is -2.61. The van der Waals surface area contributed by atoms with Gasteiger partial charge in [0.2, 0.25) is 10.0 Å². The Kier molecular flexibility index (Phi) is 5.86. The fourth-order valence-corrected chi connectivity index (χ4v) is 2.68. The number of halogens is 3. The smallest absolute Gasteiger partial charge is 0.289 e. The lowest BCUT2D eigenvalue weighted by atomic mass is 10.1. The third-order valence-electron chi connectivity index (χ3n) is 3.46. The second-order valence-electron chi connectivity index (χ2n) is 5.40. The summed E-state index contributed by atoms with van der Waals surface area (Å²) in [5.41, 5.74) is 0.0677. The van der Waals surface area contributed by atoms with Crippen LogP contribution >= 0.6 is 0 Å². The highest BCUT2D eigenvalue weighted by Crippen LogP contribution is 2.29. The van der Waals surface area contributed by atoms with Crippen LogP contribution in [0.5, 0.6) is 0 Å². The molecule has 0 amide bonds. The minimum absolute atomic E-state index is 0.0760. The average molecular weight is 383 g/mol. The van der Waals surface area contributed by atoms with Crippen molar-refractivity contribution in [2.24, 2.45) is 0 Å². The number of carbonyl (C=O) groups is 1. The molecule has 0 unspecified atom stereocenters. The average Bonchev–Trinajstić information content (AvgIpc) is 2.59. The van der Waals surface area contributed by atoms with Crippen molar-refractivity contribution in [3.8, 4) is 0 Å². The highest BCUT2D eigenvalue weighted by molar-refractivity contribution is 7.92. The third kappa shape index (κ3) is 5.45. The SMILES string of the molecule is CCS(=O)(=O)Nc1ccc(C(=O)C=Cc2cccc(C(F)(F)F)c2)cc1. The highest BCUT2D eigenvalue weighted by atomic mass is 32.2. The van der Waals surface area contributed by atoms with E-state index in [1.807, 2.05) is 0 Å². The summed E-state index contributed by atoms with van der Waals surface area (Å²) < 4.78 is 63.3. The van der Waals surface area contributed by atoms with E-state index in [0.29, 0.717) is 5.69 Å². The zero-order valence-corrected chi connectivity index (χ0v) is 14.6. The van der Waals surface area contributed by atoms with Crippen molar-refractivity contribution in [3.63, 3.8) is 0 Å². The van der Waals surface area contributed by atoms with Gasteiger partial charge in [0, 0.05) is 11.3 Å². The minimum Gasteiger partial charge on any atom is -0.289 e. The van der Waals surface area contributed by atoms with E-state index in [1.54, 1.807) is 0 Å². The fourth-order valence-electron chi connectivity index (χ4n) is 2.04. The van der Waals surface area contributed by atoms with Crippen molar-refractivity contribution in [2.45, 2.75) is 13.1 Å². The Labute approximate surface area is 149 Å². The van der Waals surface area contributed by atoms with Crippen molar-refractivity contribution in [3.05, 3.63) is 71.3 Å². The number of nitrogens with one attached hydrogen (secondary N) is 1. The van der Waals surface area contributed by atoms with E-state index in [-0.39, 0.29) is 16.9 Å². The van der Waals surface area contributed by atoms with Gasteiger partial charge >= 0.3 is 6.18 Å². The van der Waals surface area contributed by atoms with Crippen LogP contribution in [0.4, 0.5) is 18.9 Å². The van der Waals surface area contributed by atoms with Crippen LogP contribution < -0.4 is 4.72 Å². The van der Waals surface area contributed by atoms with Crippen molar-refractivity contribution < 1.29 is 26.4 Å². The monoisotopic (exact) mass is 383 g/mol. The molecule has 0 aromatic heterocycles. The van der Waals surface area contributed by atoms with Gasteiger partial charge in [0.1, 0.15) is 0 Å². The van der Waals surface area contributed by atoms with Gasteiger partial charge in [-0.3, -0.25) is 9.52 Å². The van der Waals surface area contributed by atoms with Gasteiger partial charge in [-0.25, -0.2) is 8.42 Å². The van der Waals surface area contributed by atoms with Crippen LogP contribution in [-0.2, 0) is 16.2 Å². The molecule has 138 valence electrons. The molecule has 4 nitrogen and oxygen atoms in total. The molecule has 8 heteroatoms. The number of ketones is 1. The molecule has 0 aliphatic rings. The Morgan fingerprint density at radius 3 is 2.35 bits per heavy atom. The first-order valence-electron chi connectivity index (χ1n) is 7.61. The number of benzene rings is 2. The first-order valence-corrected chi connectivity index (χ1v) is 9.26. The van der Waals surface area contributed by atoms with Gasteiger partial charge in [-0.1, -0.05) is 18.2 Å². The van der Waals surface area contributed by atoms with Crippen LogP contribution in [0, 0.1) is 0 Å². The van der Waals surface area contributed by atoms with Crippen LogP contribution in [0.25, 0.3) is 6.08 Å². The van der Waals surface area contributed by atoms with Crippen molar-refractivity contribution in [2.75, 3.05) is 10.5 Å². The van der Waals surface area contributed by atoms with Gasteiger partial charge in [-0.2, -0.15) is 13.2 Å². The number of carbonyl (C=O) groups excluding carboxylic acids is 1. The van der Waals surface area contributed by atoms with Crippen LogP contribution in [0.3, 0.4) is 0 Å². The number of sulfonamides is 1. The molecule has 2 rings (SSSR count). The molecule has 0 radical (unpaired) electrons. The zero-order valence-electron chi connectivity index (χ0n) is 13.7. The van der Waals surface area contributed by atoms with Crippen molar-refractivity contribution >= 4 is 27.6 Å². The summed E-state index contributed by atoms with van der Waals surface area (Å²) in [5.74, 6) is -0.486. The molecule has 0 heterocycles. The molecular weight excluding hydrogens is 367 g/mol. The largest absolute Gasteiger partial charge is 0.416 e. The minimum atomic E-state index is -4.45. The lowest BCUT2D eigenvalue weighted by Gasteiger charge is -2.07. The maximum Gasteiger partial charge on any atom is 0.416 e. The zero-order chi connectivity index (χ0) is 19.4. The lowest BCUT2D eigenvalue weighted by Crippen LogP contribution is -2.14. The summed E-state index contributed by atoms with van der Waals surface area (Å²) in [5, 5.41) is 0. The van der Waals surface area contributed by atoms with E-state index in [0.717, 1.165) is 12.1 Å². The molecule has 0 atom stereocenters. The van der Waals surface area contributed by atoms with E-state index in [2.05, 4.69) is 4.72 Å². The highest BCUT2D eigenvalue weighted by Gasteiger charge is 2.30. The van der Waals surface area contributed by atoms with Crippen LogP contribution in [0.2, 0.25) is 0 Å². The van der Waals surface area contributed by atoms with Gasteiger partial charge in [0.25, 0.3) is 0 Å². The fraction of sp³-hybridized carbons (Fsp3) is 0.167. The molecule has 0 saturated heterocycles. The molecule has 2 aromatic rings. The molecule has 0 saturated carbocycles. The summed E-state index contributed by atoms with van der Waals surface area (Å²) in [7, 11) is -3.41. The maximum absolute atomic E-state index is 12.7. The molecule has 0 aliphatic carbocycles. The number of allylic oxidation sites excluding steroid dienone is 1. The molecule has 0 spiro atoms. The first kappa shape index (κ1) is 19.7. The molecule has 26 heavy (non-hydrogen) atoms. The molecule has 1 N–H and O–H groups in total. The van der Waals surface area contributed by atoms with E-state index < -0.39 is 27.5 Å². The Bertz CT molecular complexity index is 917. The van der Waals surface area contributed by atoms with Crippen molar-refractivity contribution in [1.29, 1.82) is 0 Å². The summed E-state index contributed by atoms with van der Waals surface area (Å²) in [6.45, 7) is 1.50. The third-order valence-corrected chi connectivity index (χ3v) is 4.77. The summed E-state index contributed by atoms with van der Waals surface area (Å²) >= 11 is 0. The molecule has 0 bridgehead atoms. The Morgan fingerprint density at radius 2 is 1.77 bits per heavy atom. The van der Waals surface area contributed by atoms with Gasteiger partial charge in [-0.15, -0.1) is 0 Å². The van der Waals surface area contributed by atoms with Crippen LogP contribution in [0.1, 0.15) is 28.4 Å². The van der Waals surface area contributed by atoms with Crippen LogP contribution in [0.15, 0.2) is 54.6 Å². The van der Waals surface area contributed by atoms with Crippen molar-refractivity contribution in [1.82, 2.24) is 0 Å². The number of anilines is 1. The van der Waals surface area contributed by atoms with E-state index in [1.165, 1.54) is 55.5 Å². The second kappa shape index (κ2) is 7.74. The topological polar surface area (TPSA) is 63.2 Å². The Morgan fingerprint density at radius 1 is 1.12 bits per heavy atom. The molecular formula is C18H16F3NO3S. The van der Waals surface area contributed by atoms with E-state index in [4.69, 9.17) is 0 Å². The molecule has 0 fully saturated rings. The van der Waals surface area contributed by atoms with Gasteiger partial charge < -0.3 is 0 Å². The number of rotatable bonds is 6. The van der Waals surface area contributed by atoms with Gasteiger partial charge in [0.15, 0.2) is 5.78 Å². The maximum atomic E-state index is 12.7. The molecule has 0 aliphatic heterocycles. The number of hydrogen-bond acceptors (Lipinski definition) is 3. The number of hydrogen-bond donors (Lipinski definition) is 1. The summed E-state index contributed by atoms with van der Waals surface area (Å²) in [4.78, 5) is 12.1. The lowest BCUT2D eigenvalue weighted by molar-refractivity contribution is -0.137. The van der Waals surface area contributed by atoms with E-state index >= 15 is 0 Å². The molecule has 2 aromatic carbocycles.